The predicted molar refractivity (Wildman–Crippen MR) is 76.3 cm³/mol. The molecule has 1 aromatic rings. The number of para-hydroxylation sites is 1. The van der Waals surface area contributed by atoms with Crippen molar-refractivity contribution in [2.75, 3.05) is 32.1 Å². The van der Waals surface area contributed by atoms with Crippen LogP contribution in [0.2, 0.25) is 0 Å². The average Bonchev–Trinajstić information content (AvgIpc) is 2.42. The molecule has 0 atom stereocenters. The van der Waals surface area contributed by atoms with Gasteiger partial charge in [0.2, 0.25) is 0 Å². The third-order valence-electron chi connectivity index (χ3n) is 3.67. The van der Waals surface area contributed by atoms with Crippen LogP contribution in [0.15, 0.2) is 24.3 Å². The predicted octanol–water partition coefficient (Wildman–Crippen LogP) is 3.27. The first-order valence-corrected chi connectivity index (χ1v) is 7.10. The number of halogens is 3. The summed E-state index contributed by atoms with van der Waals surface area (Å²) in [7, 11) is 1.65. The lowest BCUT2D eigenvalue weighted by molar-refractivity contribution is -0.147. The fourth-order valence-electron chi connectivity index (χ4n) is 2.65. The fourth-order valence-corrected chi connectivity index (χ4v) is 2.65. The van der Waals surface area contributed by atoms with Gasteiger partial charge in [-0.2, -0.15) is 13.2 Å². The van der Waals surface area contributed by atoms with Crippen LogP contribution in [0.25, 0.3) is 0 Å². The standard InChI is InChI=1S/C15H21F3N2O/c1-21-10-12-4-2-3-5-14(12)19-13-6-8-20(9-7-13)11-15(16,17)18/h2-5,13,19H,6-11H2,1H3. The number of hydrogen-bond donors (Lipinski definition) is 1. The second-order valence-electron chi connectivity index (χ2n) is 5.40. The van der Waals surface area contributed by atoms with Crippen molar-refractivity contribution in [3.05, 3.63) is 29.8 Å². The molecule has 1 fully saturated rings. The highest BCUT2D eigenvalue weighted by Gasteiger charge is 2.32. The maximum absolute atomic E-state index is 12.4. The summed E-state index contributed by atoms with van der Waals surface area (Å²) >= 11 is 0. The molecule has 0 aromatic heterocycles. The topological polar surface area (TPSA) is 24.5 Å². The zero-order valence-electron chi connectivity index (χ0n) is 12.1. The Morgan fingerprint density at radius 3 is 2.52 bits per heavy atom. The normalized spacial score (nSPS) is 17.9. The van der Waals surface area contributed by atoms with Crippen molar-refractivity contribution in [1.82, 2.24) is 4.90 Å². The zero-order chi connectivity index (χ0) is 15.3. The van der Waals surface area contributed by atoms with Crippen LogP contribution in [0.3, 0.4) is 0 Å². The van der Waals surface area contributed by atoms with Gasteiger partial charge in [-0.3, -0.25) is 4.90 Å². The van der Waals surface area contributed by atoms with Gasteiger partial charge in [-0.1, -0.05) is 18.2 Å². The number of likely N-dealkylation sites (tertiary alicyclic amines) is 1. The van der Waals surface area contributed by atoms with Crippen LogP contribution in [0, 0.1) is 0 Å². The van der Waals surface area contributed by atoms with Crippen LogP contribution in [0.4, 0.5) is 18.9 Å². The molecule has 1 saturated heterocycles. The molecule has 6 heteroatoms. The van der Waals surface area contributed by atoms with Gasteiger partial charge in [-0.15, -0.1) is 0 Å². The van der Waals surface area contributed by atoms with Crippen molar-refractivity contribution < 1.29 is 17.9 Å². The lowest BCUT2D eigenvalue weighted by Crippen LogP contribution is -2.43. The Labute approximate surface area is 123 Å². The number of alkyl halides is 3. The summed E-state index contributed by atoms with van der Waals surface area (Å²) in [5.41, 5.74) is 2.08. The van der Waals surface area contributed by atoms with E-state index in [0.717, 1.165) is 24.1 Å². The van der Waals surface area contributed by atoms with Gasteiger partial charge in [0.05, 0.1) is 13.2 Å². The summed E-state index contributed by atoms with van der Waals surface area (Å²) in [5.74, 6) is 0. The number of rotatable bonds is 5. The third kappa shape index (κ3) is 5.21. The number of piperidine rings is 1. The summed E-state index contributed by atoms with van der Waals surface area (Å²) in [4.78, 5) is 1.47. The van der Waals surface area contributed by atoms with E-state index in [1.54, 1.807) is 7.11 Å². The van der Waals surface area contributed by atoms with Crippen molar-refractivity contribution in [2.24, 2.45) is 0 Å². The maximum atomic E-state index is 12.4. The van der Waals surface area contributed by atoms with E-state index in [1.165, 1.54) is 4.90 Å². The Bertz CT molecular complexity index is 443. The molecule has 1 aromatic carbocycles. The van der Waals surface area contributed by atoms with E-state index >= 15 is 0 Å². The first-order valence-electron chi connectivity index (χ1n) is 7.10. The lowest BCUT2D eigenvalue weighted by atomic mass is 10.0. The highest BCUT2D eigenvalue weighted by atomic mass is 19.4. The summed E-state index contributed by atoms with van der Waals surface area (Å²) < 4.78 is 42.2. The van der Waals surface area contributed by atoms with Gasteiger partial charge < -0.3 is 10.1 Å². The number of anilines is 1. The number of hydrogen-bond acceptors (Lipinski definition) is 3. The van der Waals surface area contributed by atoms with E-state index in [0.29, 0.717) is 19.7 Å². The number of benzene rings is 1. The monoisotopic (exact) mass is 302 g/mol. The van der Waals surface area contributed by atoms with Gasteiger partial charge in [0.1, 0.15) is 0 Å². The molecule has 0 radical (unpaired) electrons. The summed E-state index contributed by atoms with van der Waals surface area (Å²) in [5, 5.41) is 3.43. The molecule has 118 valence electrons. The molecule has 0 spiro atoms. The van der Waals surface area contributed by atoms with Gasteiger partial charge in [0.25, 0.3) is 0 Å². The van der Waals surface area contributed by atoms with Gasteiger partial charge in [-0.05, 0) is 18.9 Å². The first-order chi connectivity index (χ1) is 9.98. The molecule has 1 N–H and O–H groups in total. The maximum Gasteiger partial charge on any atom is 0.401 e. The van der Waals surface area contributed by atoms with Crippen molar-refractivity contribution in [2.45, 2.75) is 31.7 Å². The zero-order valence-corrected chi connectivity index (χ0v) is 12.1. The molecule has 0 amide bonds. The second-order valence-corrected chi connectivity index (χ2v) is 5.40. The SMILES string of the molecule is COCc1ccccc1NC1CCN(CC(F)(F)F)CC1. The molecule has 1 aliphatic rings. The van der Waals surface area contributed by atoms with E-state index < -0.39 is 12.7 Å². The minimum Gasteiger partial charge on any atom is -0.382 e. The minimum atomic E-state index is -4.11. The number of methoxy groups -OCH3 is 1. The molecular weight excluding hydrogens is 281 g/mol. The summed E-state index contributed by atoms with van der Waals surface area (Å²) in [6.45, 7) is 0.670. The molecule has 0 saturated carbocycles. The molecule has 1 aliphatic heterocycles. The quantitative estimate of drug-likeness (QED) is 0.903. The Morgan fingerprint density at radius 1 is 1.24 bits per heavy atom. The largest absolute Gasteiger partial charge is 0.401 e. The van der Waals surface area contributed by atoms with E-state index in [-0.39, 0.29) is 6.04 Å². The number of nitrogens with zero attached hydrogens (tertiary/aromatic N) is 1. The number of nitrogens with one attached hydrogen (secondary N) is 1. The average molecular weight is 302 g/mol. The molecule has 3 nitrogen and oxygen atoms in total. The second kappa shape index (κ2) is 7.13. The van der Waals surface area contributed by atoms with Crippen LogP contribution in [-0.2, 0) is 11.3 Å². The summed E-state index contributed by atoms with van der Waals surface area (Å²) in [6.07, 6.45) is -2.67. The molecular formula is C15H21F3N2O. The summed E-state index contributed by atoms with van der Waals surface area (Å²) in [6, 6.07) is 8.08. The van der Waals surface area contributed by atoms with E-state index in [9.17, 15) is 13.2 Å². The fraction of sp³-hybridized carbons (Fsp3) is 0.600. The van der Waals surface area contributed by atoms with Crippen LogP contribution < -0.4 is 5.32 Å². The van der Waals surface area contributed by atoms with Crippen LogP contribution in [0.5, 0.6) is 0 Å². The van der Waals surface area contributed by atoms with Gasteiger partial charge in [-0.25, -0.2) is 0 Å². The van der Waals surface area contributed by atoms with E-state index in [4.69, 9.17) is 4.74 Å². The van der Waals surface area contributed by atoms with Gasteiger partial charge in [0.15, 0.2) is 0 Å². The van der Waals surface area contributed by atoms with Gasteiger partial charge >= 0.3 is 6.18 Å². The van der Waals surface area contributed by atoms with E-state index in [1.807, 2.05) is 24.3 Å². The first kappa shape index (κ1) is 16.1. The minimum absolute atomic E-state index is 0.215. The van der Waals surface area contributed by atoms with Crippen LogP contribution >= 0.6 is 0 Å². The third-order valence-corrected chi connectivity index (χ3v) is 3.67. The van der Waals surface area contributed by atoms with Crippen molar-refractivity contribution in [3.63, 3.8) is 0 Å². The Hall–Kier alpha value is -1.27. The Balaban J connectivity index is 1.86. The lowest BCUT2D eigenvalue weighted by Gasteiger charge is -2.33. The Kier molecular flexibility index (Phi) is 5.47. The highest BCUT2D eigenvalue weighted by Crippen LogP contribution is 2.23. The molecule has 0 bridgehead atoms. The molecule has 0 aliphatic carbocycles. The van der Waals surface area contributed by atoms with Crippen LogP contribution in [0.1, 0.15) is 18.4 Å². The van der Waals surface area contributed by atoms with E-state index in [2.05, 4.69) is 5.32 Å². The van der Waals surface area contributed by atoms with Crippen molar-refractivity contribution >= 4 is 5.69 Å². The van der Waals surface area contributed by atoms with Gasteiger partial charge in [0, 0.05) is 37.5 Å². The molecule has 2 rings (SSSR count). The molecule has 0 unspecified atom stereocenters. The smallest absolute Gasteiger partial charge is 0.382 e. The number of ether oxygens (including phenoxy) is 1. The Morgan fingerprint density at radius 2 is 1.90 bits per heavy atom. The molecule has 1 heterocycles. The molecule has 21 heavy (non-hydrogen) atoms. The van der Waals surface area contributed by atoms with Crippen LogP contribution in [-0.4, -0.2) is 43.9 Å². The van der Waals surface area contributed by atoms with Crippen molar-refractivity contribution in [3.8, 4) is 0 Å². The highest BCUT2D eigenvalue weighted by molar-refractivity contribution is 5.51. The van der Waals surface area contributed by atoms with Crippen molar-refractivity contribution in [1.29, 1.82) is 0 Å².